The number of carbonyl (C=O) groups is 2. The minimum absolute atomic E-state index is 0.0353. The molecule has 0 N–H and O–H groups in total. The van der Waals surface area contributed by atoms with Crippen LogP contribution in [-0.4, -0.2) is 60.5 Å². The lowest BCUT2D eigenvalue weighted by Gasteiger charge is -2.40. The minimum atomic E-state index is -3.30. The second-order valence-electron chi connectivity index (χ2n) is 7.93. The first kappa shape index (κ1) is 20.1. The molecule has 156 valence electrons. The number of fused-ring (bicyclic) bond motifs is 1. The molecule has 0 unspecified atom stereocenters. The molecule has 0 bridgehead atoms. The van der Waals surface area contributed by atoms with Crippen molar-refractivity contribution in [2.24, 2.45) is 0 Å². The van der Waals surface area contributed by atoms with E-state index in [0.717, 1.165) is 12.0 Å². The number of sulfonamides is 1. The summed E-state index contributed by atoms with van der Waals surface area (Å²) in [6.45, 7) is 4.84. The average molecular weight is 419 g/mol. The summed E-state index contributed by atoms with van der Waals surface area (Å²) in [5.74, 6) is -0.611. The Hall–Kier alpha value is -2.19. The first-order chi connectivity index (χ1) is 13.8. The molecule has 0 atom stereocenters. The van der Waals surface area contributed by atoms with Crippen molar-refractivity contribution in [3.05, 3.63) is 46.5 Å². The van der Waals surface area contributed by atoms with Gasteiger partial charge in [0.25, 0.3) is 5.91 Å². The number of esters is 1. The molecule has 1 spiro atoms. The second-order valence-corrected chi connectivity index (χ2v) is 10.2. The van der Waals surface area contributed by atoms with Gasteiger partial charge in [0, 0.05) is 44.6 Å². The Balaban J connectivity index is 1.59. The zero-order valence-electron chi connectivity index (χ0n) is 16.8. The van der Waals surface area contributed by atoms with Crippen molar-refractivity contribution in [2.45, 2.75) is 45.3 Å². The van der Waals surface area contributed by atoms with Crippen LogP contribution >= 0.6 is 0 Å². The molecule has 1 saturated heterocycles. The number of carbonyl (C=O) groups excluding carboxylic acids is 2. The fourth-order valence-corrected chi connectivity index (χ4v) is 5.70. The van der Waals surface area contributed by atoms with Crippen molar-refractivity contribution < 1.29 is 22.7 Å². The van der Waals surface area contributed by atoms with Gasteiger partial charge >= 0.3 is 5.97 Å². The van der Waals surface area contributed by atoms with Crippen molar-refractivity contribution in [3.8, 4) is 0 Å². The molecule has 3 heterocycles. The molecule has 29 heavy (non-hydrogen) atoms. The van der Waals surface area contributed by atoms with Crippen LogP contribution in [0.25, 0.3) is 0 Å². The SMILES string of the molecule is CCS(=O)(=O)N1CCC2(CC1)OC(=O)C(C)=C2C(=O)N1CCc2ccccc2C1. The molecule has 1 fully saturated rings. The quantitative estimate of drug-likeness (QED) is 0.697. The van der Waals surface area contributed by atoms with Crippen molar-refractivity contribution in [3.63, 3.8) is 0 Å². The predicted molar refractivity (Wildman–Crippen MR) is 107 cm³/mol. The fourth-order valence-electron chi connectivity index (χ4n) is 4.59. The van der Waals surface area contributed by atoms with Gasteiger partial charge in [-0.2, -0.15) is 0 Å². The van der Waals surface area contributed by atoms with Crippen LogP contribution in [0.15, 0.2) is 35.4 Å². The van der Waals surface area contributed by atoms with Crippen molar-refractivity contribution in [1.82, 2.24) is 9.21 Å². The molecule has 1 aromatic carbocycles. The number of benzene rings is 1. The van der Waals surface area contributed by atoms with E-state index in [1.54, 1.807) is 18.7 Å². The van der Waals surface area contributed by atoms with Crippen molar-refractivity contribution >= 4 is 21.9 Å². The highest BCUT2D eigenvalue weighted by atomic mass is 32.2. The maximum atomic E-state index is 13.5. The van der Waals surface area contributed by atoms with E-state index in [9.17, 15) is 18.0 Å². The minimum Gasteiger partial charge on any atom is -0.450 e. The summed E-state index contributed by atoms with van der Waals surface area (Å²) in [7, 11) is -3.30. The summed E-state index contributed by atoms with van der Waals surface area (Å²) >= 11 is 0. The summed E-state index contributed by atoms with van der Waals surface area (Å²) < 4.78 is 31.5. The molecule has 0 aliphatic carbocycles. The van der Waals surface area contributed by atoms with Gasteiger partial charge in [0.2, 0.25) is 10.0 Å². The van der Waals surface area contributed by atoms with Gasteiger partial charge in [-0.25, -0.2) is 17.5 Å². The molecule has 4 rings (SSSR count). The topological polar surface area (TPSA) is 84.0 Å². The first-order valence-electron chi connectivity index (χ1n) is 10.1. The summed E-state index contributed by atoms with van der Waals surface area (Å²) in [4.78, 5) is 27.7. The van der Waals surface area contributed by atoms with Crippen LogP contribution in [0.3, 0.4) is 0 Å². The predicted octanol–water partition coefficient (Wildman–Crippen LogP) is 1.63. The molecule has 1 amide bonds. The summed E-state index contributed by atoms with van der Waals surface area (Å²) in [6.07, 6.45) is 1.39. The Bertz CT molecular complexity index is 990. The van der Waals surface area contributed by atoms with Gasteiger partial charge < -0.3 is 9.64 Å². The van der Waals surface area contributed by atoms with E-state index in [4.69, 9.17) is 4.74 Å². The van der Waals surface area contributed by atoms with Crippen LogP contribution < -0.4 is 0 Å². The molecule has 1 aromatic rings. The number of hydrogen-bond acceptors (Lipinski definition) is 5. The monoisotopic (exact) mass is 418 g/mol. The Kier molecular flexibility index (Phi) is 5.02. The summed E-state index contributed by atoms with van der Waals surface area (Å²) in [5, 5.41) is 0. The Labute approximate surface area is 171 Å². The van der Waals surface area contributed by atoms with Crippen LogP contribution in [0.2, 0.25) is 0 Å². The lowest BCUT2D eigenvalue weighted by molar-refractivity contribution is -0.150. The van der Waals surface area contributed by atoms with Crippen LogP contribution in [-0.2, 0) is 37.3 Å². The summed E-state index contributed by atoms with van der Waals surface area (Å²) in [6, 6.07) is 8.07. The highest BCUT2D eigenvalue weighted by molar-refractivity contribution is 7.89. The molecule has 0 aromatic heterocycles. The normalized spacial score (nSPS) is 22.0. The van der Waals surface area contributed by atoms with Gasteiger partial charge in [-0.1, -0.05) is 24.3 Å². The van der Waals surface area contributed by atoms with Gasteiger partial charge in [0.05, 0.1) is 11.3 Å². The Morgan fingerprint density at radius 3 is 2.45 bits per heavy atom. The number of nitrogens with zero attached hydrogens (tertiary/aromatic N) is 2. The molecule has 3 aliphatic rings. The van der Waals surface area contributed by atoms with Crippen molar-refractivity contribution in [1.29, 1.82) is 0 Å². The molecule has 3 aliphatic heterocycles. The summed E-state index contributed by atoms with van der Waals surface area (Å²) in [5.41, 5.74) is 2.10. The van der Waals surface area contributed by atoms with Gasteiger partial charge in [-0.15, -0.1) is 0 Å². The number of piperidine rings is 1. The molecule has 8 heteroatoms. The standard InChI is InChI=1S/C21H26N2O5S/c1-3-29(26,27)23-12-9-21(10-13-23)18(15(2)20(25)28-21)19(24)22-11-8-16-6-4-5-7-17(16)14-22/h4-7H,3,8-14H2,1-2H3. The molecular weight excluding hydrogens is 392 g/mol. The van der Waals surface area contributed by atoms with E-state index in [-0.39, 0.29) is 24.7 Å². The number of rotatable bonds is 3. The van der Waals surface area contributed by atoms with Gasteiger partial charge in [0.1, 0.15) is 5.60 Å². The van der Waals surface area contributed by atoms with Gasteiger partial charge in [-0.05, 0) is 31.4 Å². The van der Waals surface area contributed by atoms with Crippen LogP contribution in [0.1, 0.15) is 37.8 Å². The van der Waals surface area contributed by atoms with E-state index >= 15 is 0 Å². The van der Waals surface area contributed by atoms with E-state index in [2.05, 4.69) is 6.07 Å². The first-order valence-corrected chi connectivity index (χ1v) is 11.7. The Morgan fingerprint density at radius 2 is 1.79 bits per heavy atom. The van der Waals surface area contributed by atoms with Gasteiger partial charge in [-0.3, -0.25) is 4.79 Å². The number of hydrogen-bond donors (Lipinski definition) is 0. The highest BCUT2D eigenvalue weighted by Crippen LogP contribution is 2.42. The maximum Gasteiger partial charge on any atom is 0.335 e. The molecule has 0 saturated carbocycles. The molecule has 7 nitrogen and oxygen atoms in total. The number of ether oxygens (including phenoxy) is 1. The molecular formula is C21H26N2O5S. The lowest BCUT2D eigenvalue weighted by Crippen LogP contribution is -2.51. The fraction of sp³-hybridized carbons (Fsp3) is 0.524. The Morgan fingerprint density at radius 1 is 1.14 bits per heavy atom. The zero-order chi connectivity index (χ0) is 20.8. The van der Waals surface area contributed by atoms with Crippen molar-refractivity contribution in [2.75, 3.05) is 25.4 Å². The zero-order valence-corrected chi connectivity index (χ0v) is 17.6. The smallest absolute Gasteiger partial charge is 0.335 e. The third-order valence-corrected chi connectivity index (χ3v) is 8.23. The van der Waals surface area contributed by atoms with Crippen LogP contribution in [0.4, 0.5) is 0 Å². The third kappa shape index (κ3) is 3.38. The van der Waals surface area contributed by atoms with Crippen LogP contribution in [0.5, 0.6) is 0 Å². The molecule has 0 radical (unpaired) electrons. The van der Waals surface area contributed by atoms with E-state index in [0.29, 0.717) is 37.1 Å². The maximum absolute atomic E-state index is 13.5. The second kappa shape index (κ2) is 7.25. The van der Waals surface area contributed by atoms with E-state index < -0.39 is 21.6 Å². The van der Waals surface area contributed by atoms with Crippen LogP contribution in [0, 0.1) is 0 Å². The third-order valence-electron chi connectivity index (χ3n) is 6.34. The van der Waals surface area contributed by atoms with E-state index in [1.165, 1.54) is 9.87 Å². The largest absolute Gasteiger partial charge is 0.450 e. The highest BCUT2D eigenvalue weighted by Gasteiger charge is 2.52. The average Bonchev–Trinajstić information content (AvgIpc) is 2.96. The van der Waals surface area contributed by atoms with Gasteiger partial charge in [0.15, 0.2) is 0 Å². The van der Waals surface area contributed by atoms with E-state index in [1.807, 2.05) is 18.2 Å². The lowest BCUT2D eigenvalue weighted by atomic mass is 9.82. The number of amides is 1.